The van der Waals surface area contributed by atoms with Crippen molar-refractivity contribution < 1.29 is 0 Å². The third-order valence-corrected chi connectivity index (χ3v) is 5.50. The first-order chi connectivity index (χ1) is 11.7. The fraction of sp³-hybridized carbons (Fsp3) is 0.500. The molecule has 2 aliphatic carbocycles. The van der Waals surface area contributed by atoms with E-state index in [0.717, 1.165) is 23.7 Å². The normalized spacial score (nSPS) is 19.1. The first kappa shape index (κ1) is 17.3. The Morgan fingerprint density at radius 2 is 0.958 bits per heavy atom. The molecule has 2 fully saturated rings. The van der Waals surface area contributed by atoms with Crippen molar-refractivity contribution in [1.82, 2.24) is 0 Å². The molecular formula is C24H32. The molecule has 0 nitrogen and oxygen atoms in total. The van der Waals surface area contributed by atoms with Crippen molar-refractivity contribution in [2.45, 2.75) is 64.2 Å². The molecule has 0 spiro atoms. The van der Waals surface area contributed by atoms with Gasteiger partial charge in [-0.15, -0.1) is 0 Å². The van der Waals surface area contributed by atoms with E-state index in [2.05, 4.69) is 74.5 Å². The topological polar surface area (TPSA) is 0 Å². The summed E-state index contributed by atoms with van der Waals surface area (Å²) in [6.07, 6.45) is 8.66. The molecule has 0 saturated heterocycles. The first-order valence-electron chi connectivity index (χ1n) is 9.82. The maximum atomic E-state index is 2.34. The van der Waals surface area contributed by atoms with Crippen LogP contribution in [0.4, 0.5) is 0 Å². The van der Waals surface area contributed by atoms with Crippen molar-refractivity contribution in [1.29, 1.82) is 0 Å². The predicted octanol–water partition coefficient (Wildman–Crippen LogP) is 7.18. The maximum absolute atomic E-state index is 2.34. The lowest BCUT2D eigenvalue weighted by atomic mass is 9.96. The van der Waals surface area contributed by atoms with E-state index in [0.29, 0.717) is 0 Å². The van der Waals surface area contributed by atoms with Crippen LogP contribution in [0.15, 0.2) is 60.7 Å². The zero-order chi connectivity index (χ0) is 16.8. The summed E-state index contributed by atoms with van der Waals surface area (Å²) in [7, 11) is 0. The molecule has 128 valence electrons. The summed E-state index contributed by atoms with van der Waals surface area (Å²) < 4.78 is 0. The van der Waals surface area contributed by atoms with Crippen LogP contribution in [0.3, 0.4) is 0 Å². The molecule has 24 heavy (non-hydrogen) atoms. The van der Waals surface area contributed by atoms with Crippen LogP contribution in [0.1, 0.15) is 75.3 Å². The van der Waals surface area contributed by atoms with Gasteiger partial charge in [0.2, 0.25) is 0 Å². The molecule has 2 aliphatic rings. The van der Waals surface area contributed by atoms with Crippen LogP contribution in [0.5, 0.6) is 0 Å². The van der Waals surface area contributed by atoms with Gasteiger partial charge in [0.1, 0.15) is 0 Å². The van der Waals surface area contributed by atoms with Gasteiger partial charge in [0.05, 0.1) is 0 Å². The lowest BCUT2D eigenvalue weighted by Gasteiger charge is -2.09. The van der Waals surface area contributed by atoms with Crippen LogP contribution in [0.25, 0.3) is 0 Å². The zero-order valence-electron chi connectivity index (χ0n) is 15.3. The van der Waals surface area contributed by atoms with Crippen LogP contribution in [-0.2, 0) is 0 Å². The zero-order valence-corrected chi connectivity index (χ0v) is 15.3. The van der Waals surface area contributed by atoms with E-state index >= 15 is 0 Å². The van der Waals surface area contributed by atoms with E-state index in [-0.39, 0.29) is 0 Å². The Bertz CT molecular complexity index is 522. The van der Waals surface area contributed by atoms with Gasteiger partial charge in [0.25, 0.3) is 0 Å². The summed E-state index contributed by atoms with van der Waals surface area (Å²) in [6.45, 7) is 4.68. The molecule has 2 aromatic rings. The average molecular weight is 321 g/mol. The van der Waals surface area contributed by atoms with Gasteiger partial charge in [-0.3, -0.25) is 0 Å². The Morgan fingerprint density at radius 1 is 0.625 bits per heavy atom. The van der Waals surface area contributed by atoms with Crippen LogP contribution < -0.4 is 0 Å². The van der Waals surface area contributed by atoms with Crippen molar-refractivity contribution in [3.05, 3.63) is 71.8 Å². The average Bonchev–Trinajstić information content (AvgIpc) is 3.54. The fourth-order valence-corrected chi connectivity index (χ4v) is 3.54. The second-order valence-corrected chi connectivity index (χ2v) is 7.98. The van der Waals surface area contributed by atoms with Gasteiger partial charge in [-0.2, -0.15) is 0 Å². The van der Waals surface area contributed by atoms with Crippen molar-refractivity contribution in [2.75, 3.05) is 0 Å². The molecule has 0 heteroatoms. The summed E-state index contributed by atoms with van der Waals surface area (Å²) >= 11 is 0. The van der Waals surface area contributed by atoms with Gasteiger partial charge < -0.3 is 0 Å². The third kappa shape index (κ3) is 5.82. The molecule has 0 bridgehead atoms. The standard InChI is InChI=1S/2C12H16/c2*1-10(9-11-7-8-11)12-5-3-2-4-6-12/h2*2-6,10-11H,7-9H2,1H3. The Morgan fingerprint density at radius 3 is 1.25 bits per heavy atom. The molecule has 0 aliphatic heterocycles. The van der Waals surface area contributed by atoms with Crippen molar-refractivity contribution in [2.24, 2.45) is 11.8 Å². The van der Waals surface area contributed by atoms with Crippen molar-refractivity contribution in [3.8, 4) is 0 Å². The summed E-state index contributed by atoms with van der Waals surface area (Å²) in [6, 6.07) is 21.7. The number of hydrogen-bond donors (Lipinski definition) is 0. The van der Waals surface area contributed by atoms with Gasteiger partial charge >= 0.3 is 0 Å². The molecule has 0 amide bonds. The Kier molecular flexibility index (Phi) is 6.12. The molecule has 2 atom stereocenters. The van der Waals surface area contributed by atoms with Gasteiger partial charge in [-0.1, -0.05) is 100 Å². The van der Waals surface area contributed by atoms with Crippen LogP contribution >= 0.6 is 0 Å². The minimum absolute atomic E-state index is 0.763. The largest absolute Gasteiger partial charge is 0.0622 e. The first-order valence-corrected chi connectivity index (χ1v) is 9.82. The number of hydrogen-bond acceptors (Lipinski definition) is 0. The lowest BCUT2D eigenvalue weighted by Crippen LogP contribution is -1.93. The van der Waals surface area contributed by atoms with Crippen molar-refractivity contribution in [3.63, 3.8) is 0 Å². The van der Waals surface area contributed by atoms with E-state index in [1.807, 2.05) is 0 Å². The Hall–Kier alpha value is -1.56. The minimum Gasteiger partial charge on any atom is -0.0622 e. The highest BCUT2D eigenvalue weighted by atomic mass is 14.3. The van der Waals surface area contributed by atoms with Crippen LogP contribution in [0.2, 0.25) is 0 Å². The van der Waals surface area contributed by atoms with Crippen LogP contribution in [0, 0.1) is 11.8 Å². The highest BCUT2D eigenvalue weighted by Gasteiger charge is 2.24. The Balaban J connectivity index is 0.000000141. The second-order valence-electron chi connectivity index (χ2n) is 7.98. The Labute approximate surface area is 148 Å². The predicted molar refractivity (Wildman–Crippen MR) is 104 cm³/mol. The van der Waals surface area contributed by atoms with E-state index in [1.54, 1.807) is 0 Å². The smallest absolute Gasteiger partial charge is 0.0188 e. The lowest BCUT2D eigenvalue weighted by molar-refractivity contribution is 0.619. The summed E-state index contributed by atoms with van der Waals surface area (Å²) in [4.78, 5) is 0. The number of benzene rings is 2. The van der Waals surface area contributed by atoms with E-state index < -0.39 is 0 Å². The second kappa shape index (κ2) is 8.51. The van der Waals surface area contributed by atoms with Gasteiger partial charge in [0.15, 0.2) is 0 Å². The highest BCUT2D eigenvalue weighted by molar-refractivity contribution is 5.19. The number of rotatable bonds is 6. The van der Waals surface area contributed by atoms with E-state index in [4.69, 9.17) is 0 Å². The van der Waals surface area contributed by atoms with Crippen molar-refractivity contribution >= 4 is 0 Å². The summed E-state index contributed by atoms with van der Waals surface area (Å²) in [5.41, 5.74) is 3.01. The molecule has 0 radical (unpaired) electrons. The summed E-state index contributed by atoms with van der Waals surface area (Å²) in [5.74, 6) is 3.61. The SMILES string of the molecule is CC(CC1CC1)c1ccccc1.CC(CC1CC1)c1ccccc1. The molecule has 2 saturated carbocycles. The summed E-state index contributed by atoms with van der Waals surface area (Å²) in [5, 5.41) is 0. The third-order valence-electron chi connectivity index (χ3n) is 5.50. The maximum Gasteiger partial charge on any atom is -0.0188 e. The molecule has 4 rings (SSSR count). The van der Waals surface area contributed by atoms with Crippen LogP contribution in [-0.4, -0.2) is 0 Å². The molecule has 0 aromatic heterocycles. The van der Waals surface area contributed by atoms with Gasteiger partial charge in [0, 0.05) is 0 Å². The minimum atomic E-state index is 0.763. The van der Waals surface area contributed by atoms with E-state index in [9.17, 15) is 0 Å². The van der Waals surface area contributed by atoms with Gasteiger partial charge in [-0.05, 0) is 47.6 Å². The molecule has 2 unspecified atom stereocenters. The molecular weight excluding hydrogens is 288 g/mol. The molecule has 0 N–H and O–H groups in total. The molecule has 0 heterocycles. The quantitative estimate of drug-likeness (QED) is 0.528. The monoisotopic (exact) mass is 320 g/mol. The van der Waals surface area contributed by atoms with E-state index in [1.165, 1.54) is 49.7 Å². The fourth-order valence-electron chi connectivity index (χ4n) is 3.54. The highest BCUT2D eigenvalue weighted by Crippen LogP contribution is 2.38. The molecule has 2 aromatic carbocycles. The van der Waals surface area contributed by atoms with Gasteiger partial charge in [-0.25, -0.2) is 0 Å².